The highest BCUT2D eigenvalue weighted by molar-refractivity contribution is 5.87. The zero-order valence-electron chi connectivity index (χ0n) is 13.8. The van der Waals surface area contributed by atoms with Crippen molar-refractivity contribution in [2.75, 3.05) is 18.4 Å². The molecular formula is C17H24N4O2. The molecule has 0 aromatic carbocycles. The van der Waals surface area contributed by atoms with Gasteiger partial charge in [0.15, 0.2) is 0 Å². The molecule has 124 valence electrons. The molecule has 2 aromatic heterocycles. The van der Waals surface area contributed by atoms with Crippen molar-refractivity contribution in [2.45, 2.75) is 45.7 Å². The normalized spacial score (nSPS) is 16.6. The van der Waals surface area contributed by atoms with Crippen molar-refractivity contribution in [3.05, 3.63) is 35.9 Å². The molecule has 3 heterocycles. The monoisotopic (exact) mass is 316 g/mol. The summed E-state index contributed by atoms with van der Waals surface area (Å²) in [4.78, 5) is 13.7. The minimum absolute atomic E-state index is 0.0614. The molecule has 0 bridgehead atoms. The van der Waals surface area contributed by atoms with Crippen LogP contribution in [0.15, 0.2) is 28.8 Å². The lowest BCUT2D eigenvalue weighted by Gasteiger charge is -2.32. The molecule has 6 heteroatoms. The van der Waals surface area contributed by atoms with Crippen molar-refractivity contribution in [3.8, 4) is 0 Å². The average molecular weight is 316 g/mol. The zero-order valence-corrected chi connectivity index (χ0v) is 13.8. The van der Waals surface area contributed by atoms with Crippen LogP contribution >= 0.6 is 0 Å². The molecule has 0 spiro atoms. The summed E-state index contributed by atoms with van der Waals surface area (Å²) in [5.41, 5.74) is 0. The van der Waals surface area contributed by atoms with Crippen molar-refractivity contribution < 1.29 is 9.21 Å². The van der Waals surface area contributed by atoms with Gasteiger partial charge in [0.2, 0.25) is 5.91 Å². The van der Waals surface area contributed by atoms with E-state index in [1.54, 1.807) is 6.20 Å². The van der Waals surface area contributed by atoms with E-state index in [4.69, 9.17) is 4.42 Å². The highest BCUT2D eigenvalue weighted by Gasteiger charge is 2.23. The van der Waals surface area contributed by atoms with Gasteiger partial charge >= 0.3 is 0 Å². The summed E-state index contributed by atoms with van der Waals surface area (Å²) in [6, 6.07) is 6.33. The number of nitrogens with one attached hydrogen (secondary N) is 1. The first-order valence-electron chi connectivity index (χ1n) is 8.26. The third-order valence-corrected chi connectivity index (χ3v) is 4.32. The summed E-state index contributed by atoms with van der Waals surface area (Å²) in [6.07, 6.45) is 4.73. The van der Waals surface area contributed by atoms with Gasteiger partial charge in [-0.2, -0.15) is 5.10 Å². The second kappa shape index (κ2) is 7.00. The van der Waals surface area contributed by atoms with Crippen LogP contribution in [0.4, 0.5) is 5.82 Å². The minimum atomic E-state index is -0.0614. The largest absolute Gasteiger partial charge is 0.465 e. The lowest BCUT2D eigenvalue weighted by molar-refractivity contribution is -0.114. The van der Waals surface area contributed by atoms with E-state index in [2.05, 4.69) is 34.4 Å². The average Bonchev–Trinajstić information content (AvgIpc) is 3.17. The van der Waals surface area contributed by atoms with Crippen LogP contribution in [0.1, 0.15) is 44.3 Å². The summed E-state index contributed by atoms with van der Waals surface area (Å²) in [7, 11) is 0. The fraction of sp³-hybridized carbons (Fsp3) is 0.529. The third-order valence-electron chi connectivity index (χ3n) is 4.32. The predicted octanol–water partition coefficient (Wildman–Crippen LogP) is 2.83. The molecule has 0 aliphatic carbocycles. The topological polar surface area (TPSA) is 63.3 Å². The molecule has 0 atom stereocenters. The number of nitrogens with zero attached hydrogens (tertiary/aromatic N) is 3. The van der Waals surface area contributed by atoms with E-state index in [0.717, 1.165) is 56.2 Å². The molecule has 1 amide bonds. The third kappa shape index (κ3) is 3.82. The zero-order chi connectivity index (χ0) is 16.2. The SMILES string of the molecule is CCc1ccc(CN2CCC(n3nccc3NC(C)=O)CC2)o1. The quantitative estimate of drug-likeness (QED) is 0.921. The van der Waals surface area contributed by atoms with Gasteiger partial charge in [0.1, 0.15) is 17.3 Å². The molecule has 3 rings (SSSR count). The van der Waals surface area contributed by atoms with Crippen molar-refractivity contribution in [3.63, 3.8) is 0 Å². The lowest BCUT2D eigenvalue weighted by Crippen LogP contribution is -2.34. The maximum Gasteiger partial charge on any atom is 0.222 e. The Balaban J connectivity index is 1.56. The van der Waals surface area contributed by atoms with Crippen LogP contribution in [0, 0.1) is 0 Å². The van der Waals surface area contributed by atoms with Crippen molar-refractivity contribution >= 4 is 11.7 Å². The molecule has 0 unspecified atom stereocenters. The number of carbonyl (C=O) groups excluding carboxylic acids is 1. The molecular weight excluding hydrogens is 292 g/mol. The number of aromatic nitrogens is 2. The standard InChI is InChI=1S/C17H24N4O2/c1-3-15-4-5-16(23-15)12-20-10-7-14(8-11-20)21-17(6-9-18-21)19-13(2)22/h4-6,9,14H,3,7-8,10-12H2,1-2H3,(H,19,22). The maximum atomic E-state index is 11.3. The van der Waals surface area contributed by atoms with Gasteiger partial charge in [0, 0.05) is 32.5 Å². The Hall–Kier alpha value is -2.08. The van der Waals surface area contributed by atoms with Crippen molar-refractivity contribution in [2.24, 2.45) is 0 Å². The lowest BCUT2D eigenvalue weighted by atomic mass is 10.1. The number of aryl methyl sites for hydroxylation is 1. The second-order valence-electron chi connectivity index (χ2n) is 6.07. The highest BCUT2D eigenvalue weighted by atomic mass is 16.3. The molecule has 2 aromatic rings. The number of carbonyl (C=O) groups is 1. The molecule has 1 saturated heterocycles. The summed E-state index contributed by atoms with van der Waals surface area (Å²) in [6.45, 7) is 6.50. The van der Waals surface area contributed by atoms with Crippen LogP contribution in [0.25, 0.3) is 0 Å². The summed E-state index contributed by atoms with van der Waals surface area (Å²) in [5, 5.41) is 7.23. The first-order valence-corrected chi connectivity index (χ1v) is 8.26. The van der Waals surface area contributed by atoms with E-state index < -0.39 is 0 Å². The molecule has 0 radical (unpaired) electrons. The summed E-state index contributed by atoms with van der Waals surface area (Å²) >= 11 is 0. The van der Waals surface area contributed by atoms with Gasteiger partial charge in [-0.05, 0) is 25.0 Å². The fourth-order valence-corrected chi connectivity index (χ4v) is 3.12. The van der Waals surface area contributed by atoms with E-state index in [-0.39, 0.29) is 5.91 Å². The van der Waals surface area contributed by atoms with Crippen LogP contribution in [0.5, 0.6) is 0 Å². The molecule has 1 N–H and O–H groups in total. The van der Waals surface area contributed by atoms with Crippen LogP contribution in [-0.4, -0.2) is 33.7 Å². The Bertz CT molecular complexity index is 653. The van der Waals surface area contributed by atoms with Crippen LogP contribution in [0.2, 0.25) is 0 Å². The first kappa shape index (κ1) is 15.8. The van der Waals surface area contributed by atoms with E-state index >= 15 is 0 Å². The van der Waals surface area contributed by atoms with Gasteiger partial charge in [-0.1, -0.05) is 6.92 Å². The fourth-order valence-electron chi connectivity index (χ4n) is 3.12. The molecule has 1 aliphatic heterocycles. The number of hydrogen-bond acceptors (Lipinski definition) is 4. The minimum Gasteiger partial charge on any atom is -0.465 e. The van der Waals surface area contributed by atoms with Gasteiger partial charge in [-0.25, -0.2) is 4.68 Å². The van der Waals surface area contributed by atoms with E-state index in [0.29, 0.717) is 6.04 Å². The molecule has 1 fully saturated rings. The predicted molar refractivity (Wildman–Crippen MR) is 88.2 cm³/mol. The number of anilines is 1. The Kier molecular flexibility index (Phi) is 4.81. The van der Waals surface area contributed by atoms with Crippen LogP contribution < -0.4 is 5.32 Å². The molecule has 23 heavy (non-hydrogen) atoms. The maximum absolute atomic E-state index is 11.3. The Labute approximate surface area is 136 Å². The van der Waals surface area contributed by atoms with Gasteiger partial charge in [0.25, 0.3) is 0 Å². The van der Waals surface area contributed by atoms with E-state index in [1.165, 1.54) is 6.92 Å². The summed E-state index contributed by atoms with van der Waals surface area (Å²) < 4.78 is 7.74. The molecule has 6 nitrogen and oxygen atoms in total. The number of likely N-dealkylation sites (tertiary alicyclic amines) is 1. The van der Waals surface area contributed by atoms with Gasteiger partial charge < -0.3 is 9.73 Å². The number of hydrogen-bond donors (Lipinski definition) is 1. The summed E-state index contributed by atoms with van der Waals surface area (Å²) in [5.74, 6) is 2.81. The van der Waals surface area contributed by atoms with E-state index in [1.807, 2.05) is 10.7 Å². The molecule has 1 aliphatic rings. The van der Waals surface area contributed by atoms with Crippen molar-refractivity contribution in [1.29, 1.82) is 0 Å². The number of piperidine rings is 1. The van der Waals surface area contributed by atoms with Crippen molar-refractivity contribution in [1.82, 2.24) is 14.7 Å². The molecule has 0 saturated carbocycles. The van der Waals surface area contributed by atoms with Gasteiger partial charge in [-0.3, -0.25) is 9.69 Å². The highest BCUT2D eigenvalue weighted by Crippen LogP contribution is 2.26. The first-order chi connectivity index (χ1) is 11.2. The number of furan rings is 1. The Morgan fingerprint density at radius 3 is 2.70 bits per heavy atom. The Morgan fingerprint density at radius 1 is 1.30 bits per heavy atom. The number of amides is 1. The van der Waals surface area contributed by atoms with Gasteiger partial charge in [0.05, 0.1) is 18.8 Å². The Morgan fingerprint density at radius 2 is 2.04 bits per heavy atom. The van der Waals surface area contributed by atoms with Gasteiger partial charge in [-0.15, -0.1) is 0 Å². The van der Waals surface area contributed by atoms with Crippen LogP contribution in [-0.2, 0) is 17.8 Å². The van der Waals surface area contributed by atoms with Crippen LogP contribution in [0.3, 0.4) is 0 Å². The smallest absolute Gasteiger partial charge is 0.222 e. The number of rotatable bonds is 5. The second-order valence-corrected chi connectivity index (χ2v) is 6.07. The van der Waals surface area contributed by atoms with E-state index in [9.17, 15) is 4.79 Å².